The summed E-state index contributed by atoms with van der Waals surface area (Å²) in [5.41, 5.74) is 1.70. The van der Waals surface area contributed by atoms with E-state index in [-0.39, 0.29) is 5.78 Å². The summed E-state index contributed by atoms with van der Waals surface area (Å²) >= 11 is 9.06. The van der Waals surface area contributed by atoms with E-state index in [2.05, 4.69) is 15.9 Å². The molecule has 0 N–H and O–H groups in total. The van der Waals surface area contributed by atoms with Gasteiger partial charge in [-0.05, 0) is 12.5 Å². The summed E-state index contributed by atoms with van der Waals surface area (Å²) in [7, 11) is 0. The second kappa shape index (κ2) is 4.77. The zero-order chi connectivity index (χ0) is 9.84. The summed E-state index contributed by atoms with van der Waals surface area (Å²) in [6.07, 6.45) is 0. The quantitative estimate of drug-likeness (QED) is 0.602. The van der Waals surface area contributed by atoms with Crippen LogP contribution in [0.4, 0.5) is 0 Å². The fourth-order valence-electron chi connectivity index (χ4n) is 1.09. The molecule has 70 valence electrons. The molecule has 0 aliphatic heterocycles. The van der Waals surface area contributed by atoms with Crippen molar-refractivity contribution < 1.29 is 4.79 Å². The second-order valence-corrected chi connectivity index (χ2v) is 3.99. The number of hydrogen-bond acceptors (Lipinski definition) is 1. The number of carbonyl (C=O) groups is 1. The average molecular weight is 262 g/mol. The minimum absolute atomic E-state index is 0.0169. The first-order valence-corrected chi connectivity index (χ1v) is 5.54. The largest absolute Gasteiger partial charge is 0.293 e. The second-order valence-electron chi connectivity index (χ2n) is 2.77. The van der Waals surface area contributed by atoms with Gasteiger partial charge in [0.25, 0.3) is 0 Å². The maximum atomic E-state index is 11.6. The fraction of sp³-hybridized carbons (Fsp3) is 0.300. The molecule has 1 nitrogen and oxygen atoms in total. The molecule has 0 heterocycles. The molecule has 0 saturated carbocycles. The van der Waals surface area contributed by atoms with Crippen LogP contribution in [0.5, 0.6) is 0 Å². The number of ketones is 1. The van der Waals surface area contributed by atoms with Crippen LogP contribution in [0.25, 0.3) is 0 Å². The Balaban J connectivity index is 3.06. The van der Waals surface area contributed by atoms with E-state index >= 15 is 0 Å². The van der Waals surface area contributed by atoms with Crippen molar-refractivity contribution >= 4 is 33.3 Å². The van der Waals surface area contributed by atoms with Gasteiger partial charge in [-0.3, -0.25) is 4.79 Å². The highest BCUT2D eigenvalue weighted by Crippen LogP contribution is 2.16. The molecule has 0 saturated heterocycles. The summed E-state index contributed by atoms with van der Waals surface area (Å²) in [5, 5.41) is 0.221. The van der Waals surface area contributed by atoms with Crippen LogP contribution >= 0.6 is 27.5 Å². The molecule has 0 fully saturated rings. The Morgan fingerprint density at radius 3 is 2.69 bits per heavy atom. The third-order valence-corrected chi connectivity index (χ3v) is 2.59. The fourth-order valence-corrected chi connectivity index (χ4v) is 1.70. The SMILES string of the molecule is CC(Cl)C(=O)c1ccccc1CBr. The zero-order valence-electron chi connectivity index (χ0n) is 7.26. The maximum Gasteiger partial charge on any atom is 0.180 e. The molecule has 0 amide bonds. The highest BCUT2D eigenvalue weighted by molar-refractivity contribution is 9.08. The van der Waals surface area contributed by atoms with Gasteiger partial charge in [0.1, 0.15) is 0 Å². The highest BCUT2D eigenvalue weighted by atomic mass is 79.9. The van der Waals surface area contributed by atoms with E-state index in [0.29, 0.717) is 10.9 Å². The van der Waals surface area contributed by atoms with Crippen molar-refractivity contribution in [2.24, 2.45) is 0 Å². The van der Waals surface area contributed by atoms with Gasteiger partial charge < -0.3 is 0 Å². The lowest BCUT2D eigenvalue weighted by molar-refractivity contribution is 0.0991. The minimum Gasteiger partial charge on any atom is -0.293 e. The number of alkyl halides is 2. The molecule has 0 aromatic heterocycles. The Labute approximate surface area is 91.2 Å². The summed E-state index contributed by atoms with van der Waals surface area (Å²) in [6, 6.07) is 7.48. The molecule has 1 unspecified atom stereocenters. The highest BCUT2D eigenvalue weighted by Gasteiger charge is 2.14. The van der Waals surface area contributed by atoms with Crippen LogP contribution in [-0.4, -0.2) is 11.2 Å². The lowest BCUT2D eigenvalue weighted by atomic mass is 10.0. The topological polar surface area (TPSA) is 17.1 Å². The summed E-state index contributed by atoms with van der Waals surface area (Å²) in [6.45, 7) is 1.69. The molecule has 0 aliphatic carbocycles. The van der Waals surface area contributed by atoms with Crippen LogP contribution < -0.4 is 0 Å². The summed E-state index contributed by atoms with van der Waals surface area (Å²) in [5.74, 6) is -0.0169. The average Bonchev–Trinajstić information content (AvgIpc) is 2.16. The Kier molecular flexibility index (Phi) is 3.94. The van der Waals surface area contributed by atoms with E-state index in [1.165, 1.54) is 0 Å². The molecular weight excluding hydrogens is 251 g/mol. The smallest absolute Gasteiger partial charge is 0.180 e. The van der Waals surface area contributed by atoms with Gasteiger partial charge in [-0.1, -0.05) is 40.2 Å². The van der Waals surface area contributed by atoms with E-state index < -0.39 is 5.38 Å². The molecule has 0 bridgehead atoms. The first kappa shape index (κ1) is 10.7. The van der Waals surface area contributed by atoms with Crippen LogP contribution in [-0.2, 0) is 5.33 Å². The molecule has 0 spiro atoms. The van der Waals surface area contributed by atoms with E-state index in [4.69, 9.17) is 11.6 Å². The zero-order valence-corrected chi connectivity index (χ0v) is 9.60. The monoisotopic (exact) mass is 260 g/mol. The van der Waals surface area contributed by atoms with E-state index in [9.17, 15) is 4.79 Å². The molecule has 1 atom stereocenters. The van der Waals surface area contributed by atoms with Crippen LogP contribution in [0.1, 0.15) is 22.8 Å². The van der Waals surface area contributed by atoms with Crippen LogP contribution in [0.2, 0.25) is 0 Å². The lowest BCUT2D eigenvalue weighted by Crippen LogP contribution is -2.12. The molecule has 1 aromatic rings. The third kappa shape index (κ3) is 2.55. The number of carbonyl (C=O) groups excluding carboxylic acids is 1. The molecule has 0 radical (unpaired) electrons. The predicted molar refractivity (Wildman–Crippen MR) is 58.7 cm³/mol. The van der Waals surface area contributed by atoms with Gasteiger partial charge in [0.2, 0.25) is 0 Å². The Morgan fingerprint density at radius 1 is 1.54 bits per heavy atom. The van der Waals surface area contributed by atoms with Crippen LogP contribution in [0.15, 0.2) is 24.3 Å². The first-order valence-electron chi connectivity index (χ1n) is 3.99. The van der Waals surface area contributed by atoms with Crippen LogP contribution in [0, 0.1) is 0 Å². The van der Waals surface area contributed by atoms with Crippen LogP contribution in [0.3, 0.4) is 0 Å². The van der Waals surface area contributed by atoms with Gasteiger partial charge in [-0.15, -0.1) is 11.6 Å². The standard InChI is InChI=1S/C10H10BrClO/c1-7(12)10(13)9-5-3-2-4-8(9)6-11/h2-5,7H,6H2,1H3. The van der Waals surface area contributed by atoms with E-state index in [1.54, 1.807) is 13.0 Å². The Hall–Kier alpha value is -0.340. The number of Topliss-reactive ketones (excluding diaryl/α,β-unsaturated/α-hetero) is 1. The number of halogens is 2. The number of benzene rings is 1. The van der Waals surface area contributed by atoms with Crippen molar-refractivity contribution in [2.75, 3.05) is 0 Å². The van der Waals surface area contributed by atoms with Crippen molar-refractivity contribution in [3.8, 4) is 0 Å². The van der Waals surface area contributed by atoms with Gasteiger partial charge in [-0.2, -0.15) is 0 Å². The minimum atomic E-state index is -0.458. The lowest BCUT2D eigenvalue weighted by Gasteiger charge is -2.06. The molecule has 0 aliphatic rings. The summed E-state index contributed by atoms with van der Waals surface area (Å²) < 4.78 is 0. The maximum absolute atomic E-state index is 11.6. The van der Waals surface area contributed by atoms with Gasteiger partial charge >= 0.3 is 0 Å². The predicted octanol–water partition coefficient (Wildman–Crippen LogP) is 3.39. The van der Waals surface area contributed by atoms with E-state index in [1.807, 2.05) is 18.2 Å². The molecule has 3 heteroatoms. The number of rotatable bonds is 3. The normalized spacial score (nSPS) is 12.5. The Bertz CT molecular complexity index is 310. The van der Waals surface area contributed by atoms with Crippen molar-refractivity contribution in [1.29, 1.82) is 0 Å². The molecule has 13 heavy (non-hydrogen) atoms. The van der Waals surface area contributed by atoms with Gasteiger partial charge in [0.15, 0.2) is 5.78 Å². The van der Waals surface area contributed by atoms with Crippen molar-refractivity contribution in [2.45, 2.75) is 17.6 Å². The van der Waals surface area contributed by atoms with Crippen molar-refractivity contribution in [3.63, 3.8) is 0 Å². The first-order chi connectivity index (χ1) is 6.16. The molecule has 1 aromatic carbocycles. The number of hydrogen-bond donors (Lipinski definition) is 0. The van der Waals surface area contributed by atoms with E-state index in [0.717, 1.165) is 5.56 Å². The summed E-state index contributed by atoms with van der Waals surface area (Å²) in [4.78, 5) is 11.6. The molecule has 1 rings (SSSR count). The van der Waals surface area contributed by atoms with Gasteiger partial charge in [0.05, 0.1) is 5.38 Å². The van der Waals surface area contributed by atoms with Crippen molar-refractivity contribution in [1.82, 2.24) is 0 Å². The Morgan fingerprint density at radius 2 is 2.15 bits per heavy atom. The molecular formula is C10H10BrClO. The third-order valence-electron chi connectivity index (χ3n) is 1.79. The van der Waals surface area contributed by atoms with Crippen molar-refractivity contribution in [3.05, 3.63) is 35.4 Å². The van der Waals surface area contributed by atoms with Gasteiger partial charge in [0, 0.05) is 10.9 Å². The van der Waals surface area contributed by atoms with Gasteiger partial charge in [-0.25, -0.2) is 0 Å².